The number of hydrogen-bond acceptors (Lipinski definition) is 5. The zero-order chi connectivity index (χ0) is 15.5. The second-order valence-electron chi connectivity index (χ2n) is 4.67. The van der Waals surface area contributed by atoms with E-state index in [1.165, 1.54) is 11.3 Å². The van der Waals surface area contributed by atoms with Gasteiger partial charge in [-0.15, -0.1) is 11.3 Å². The number of phenolic OH excluding ortho intramolecular Hbond substituents is 1. The number of aromatic nitrogens is 2. The van der Waals surface area contributed by atoms with E-state index in [0.717, 1.165) is 32.2 Å². The molecule has 0 fully saturated rings. The molecule has 2 N–H and O–H groups in total. The number of thiazole rings is 1. The van der Waals surface area contributed by atoms with Gasteiger partial charge in [-0.25, -0.2) is 9.97 Å². The Labute approximate surface area is 132 Å². The van der Waals surface area contributed by atoms with Crippen LogP contribution in [-0.2, 0) is 0 Å². The SMILES string of the molecule is C=CC=Cc1nc2c(-c3ccc(NC)nc3)cc(O)cc2s1. The number of allylic oxidation sites excluding steroid dienone is 2. The fraction of sp³-hybridized carbons (Fsp3) is 0.0588. The smallest absolute Gasteiger partial charge is 0.125 e. The molecule has 2 heterocycles. The summed E-state index contributed by atoms with van der Waals surface area (Å²) in [7, 11) is 1.83. The van der Waals surface area contributed by atoms with Crippen LogP contribution in [-0.4, -0.2) is 22.1 Å². The third-order valence-electron chi connectivity index (χ3n) is 3.20. The van der Waals surface area contributed by atoms with Crippen molar-refractivity contribution < 1.29 is 5.11 Å². The number of anilines is 1. The number of rotatable bonds is 4. The number of hydrogen-bond donors (Lipinski definition) is 2. The molecule has 5 heteroatoms. The van der Waals surface area contributed by atoms with Crippen LogP contribution in [0.3, 0.4) is 0 Å². The third kappa shape index (κ3) is 2.71. The third-order valence-corrected chi connectivity index (χ3v) is 4.17. The van der Waals surface area contributed by atoms with Gasteiger partial charge in [0.2, 0.25) is 0 Å². The molecule has 4 nitrogen and oxygen atoms in total. The topological polar surface area (TPSA) is 58.0 Å². The summed E-state index contributed by atoms with van der Waals surface area (Å²) in [6, 6.07) is 7.32. The van der Waals surface area contributed by atoms with E-state index in [1.54, 1.807) is 24.4 Å². The monoisotopic (exact) mass is 309 g/mol. The predicted molar refractivity (Wildman–Crippen MR) is 93.3 cm³/mol. The van der Waals surface area contributed by atoms with E-state index in [9.17, 15) is 5.11 Å². The van der Waals surface area contributed by atoms with Gasteiger partial charge in [0, 0.05) is 24.4 Å². The molecule has 0 saturated carbocycles. The van der Waals surface area contributed by atoms with Gasteiger partial charge in [-0.1, -0.05) is 18.7 Å². The predicted octanol–water partition coefficient (Wildman–Crippen LogP) is 4.30. The van der Waals surface area contributed by atoms with Crippen LogP contribution in [0.2, 0.25) is 0 Å². The summed E-state index contributed by atoms with van der Waals surface area (Å²) in [6.45, 7) is 3.66. The maximum absolute atomic E-state index is 9.97. The highest BCUT2D eigenvalue weighted by molar-refractivity contribution is 7.19. The van der Waals surface area contributed by atoms with Gasteiger partial charge in [-0.2, -0.15) is 0 Å². The van der Waals surface area contributed by atoms with E-state index < -0.39 is 0 Å². The van der Waals surface area contributed by atoms with Gasteiger partial charge in [0.1, 0.15) is 16.6 Å². The molecule has 0 aliphatic rings. The zero-order valence-corrected chi connectivity index (χ0v) is 12.9. The number of phenols is 1. The van der Waals surface area contributed by atoms with Crippen LogP contribution in [0.1, 0.15) is 5.01 Å². The first-order valence-corrected chi connectivity index (χ1v) is 7.60. The Kier molecular flexibility index (Phi) is 3.89. The van der Waals surface area contributed by atoms with Crippen molar-refractivity contribution >= 4 is 33.4 Å². The Bertz CT molecular complexity index is 850. The van der Waals surface area contributed by atoms with Crippen molar-refractivity contribution in [1.29, 1.82) is 0 Å². The van der Waals surface area contributed by atoms with Crippen molar-refractivity contribution in [3.63, 3.8) is 0 Å². The van der Waals surface area contributed by atoms with Crippen LogP contribution >= 0.6 is 11.3 Å². The second-order valence-corrected chi connectivity index (χ2v) is 5.73. The molecule has 0 amide bonds. The summed E-state index contributed by atoms with van der Waals surface area (Å²) in [6.07, 6.45) is 7.24. The van der Waals surface area contributed by atoms with Crippen molar-refractivity contribution in [3.05, 3.63) is 54.2 Å². The van der Waals surface area contributed by atoms with Crippen molar-refractivity contribution in [2.24, 2.45) is 0 Å². The molecule has 3 aromatic rings. The van der Waals surface area contributed by atoms with Crippen LogP contribution in [0.15, 0.2) is 49.2 Å². The normalized spacial score (nSPS) is 11.1. The molecule has 3 rings (SSSR count). The van der Waals surface area contributed by atoms with Crippen molar-refractivity contribution in [2.45, 2.75) is 0 Å². The molecule has 0 aliphatic carbocycles. The molecular formula is C17H15N3OS. The van der Waals surface area contributed by atoms with E-state index in [4.69, 9.17) is 0 Å². The lowest BCUT2D eigenvalue weighted by atomic mass is 10.1. The first kappa shape index (κ1) is 14.3. The standard InChI is InChI=1S/C17H15N3OS/c1-3-4-5-16-20-17-13(8-12(21)9-14(17)22-16)11-6-7-15(18-2)19-10-11/h3-10,21H,1H2,2H3,(H,18,19). The maximum Gasteiger partial charge on any atom is 0.125 e. The van der Waals surface area contributed by atoms with Crippen LogP contribution in [0.4, 0.5) is 5.82 Å². The zero-order valence-electron chi connectivity index (χ0n) is 12.1. The molecule has 0 atom stereocenters. The maximum atomic E-state index is 9.97. The lowest BCUT2D eigenvalue weighted by Crippen LogP contribution is -1.91. The van der Waals surface area contributed by atoms with Gasteiger partial charge in [0.25, 0.3) is 0 Å². The van der Waals surface area contributed by atoms with Crippen molar-refractivity contribution in [2.75, 3.05) is 12.4 Å². The lowest BCUT2D eigenvalue weighted by Gasteiger charge is -2.05. The Balaban J connectivity index is 2.16. The van der Waals surface area contributed by atoms with E-state index in [2.05, 4.69) is 21.9 Å². The van der Waals surface area contributed by atoms with E-state index >= 15 is 0 Å². The van der Waals surface area contributed by atoms with Crippen LogP contribution in [0.5, 0.6) is 5.75 Å². The average molecular weight is 309 g/mol. The Morgan fingerprint density at radius 2 is 2.18 bits per heavy atom. The van der Waals surface area contributed by atoms with Gasteiger partial charge in [0.15, 0.2) is 0 Å². The highest BCUT2D eigenvalue weighted by Gasteiger charge is 2.11. The summed E-state index contributed by atoms with van der Waals surface area (Å²) in [5.41, 5.74) is 2.66. The van der Waals surface area contributed by atoms with E-state index in [-0.39, 0.29) is 5.75 Å². The van der Waals surface area contributed by atoms with Crippen LogP contribution < -0.4 is 5.32 Å². The lowest BCUT2D eigenvalue weighted by molar-refractivity contribution is 0.476. The van der Waals surface area contributed by atoms with Crippen molar-refractivity contribution in [3.8, 4) is 16.9 Å². The summed E-state index contributed by atoms with van der Waals surface area (Å²) in [4.78, 5) is 8.96. The van der Waals surface area contributed by atoms with Crippen molar-refractivity contribution in [1.82, 2.24) is 9.97 Å². The van der Waals surface area contributed by atoms with Gasteiger partial charge in [-0.05, 0) is 30.3 Å². The highest BCUT2D eigenvalue weighted by atomic mass is 32.1. The largest absolute Gasteiger partial charge is 0.508 e. The molecular weight excluding hydrogens is 294 g/mol. The number of nitrogens with zero attached hydrogens (tertiary/aromatic N) is 2. The first-order chi connectivity index (χ1) is 10.7. The van der Waals surface area contributed by atoms with E-state index in [1.807, 2.05) is 31.3 Å². The number of fused-ring (bicyclic) bond motifs is 1. The molecule has 110 valence electrons. The minimum atomic E-state index is 0.225. The molecule has 0 radical (unpaired) electrons. The summed E-state index contributed by atoms with van der Waals surface area (Å²) < 4.78 is 0.941. The summed E-state index contributed by atoms with van der Waals surface area (Å²) in [5, 5.41) is 13.8. The Morgan fingerprint density at radius 3 is 2.86 bits per heavy atom. The van der Waals surface area contributed by atoms with Crippen LogP contribution in [0.25, 0.3) is 27.4 Å². The highest BCUT2D eigenvalue weighted by Crippen LogP contribution is 2.35. The molecule has 0 saturated heterocycles. The van der Waals surface area contributed by atoms with Gasteiger partial charge >= 0.3 is 0 Å². The minimum Gasteiger partial charge on any atom is -0.508 e. The Hall–Kier alpha value is -2.66. The fourth-order valence-electron chi connectivity index (χ4n) is 2.17. The first-order valence-electron chi connectivity index (χ1n) is 6.78. The molecule has 0 bridgehead atoms. The minimum absolute atomic E-state index is 0.225. The second kappa shape index (κ2) is 5.99. The fourth-order valence-corrected chi connectivity index (χ4v) is 3.12. The number of benzene rings is 1. The number of pyridine rings is 1. The molecule has 22 heavy (non-hydrogen) atoms. The summed E-state index contributed by atoms with van der Waals surface area (Å²) >= 11 is 1.53. The molecule has 0 aliphatic heterocycles. The van der Waals surface area contributed by atoms with Gasteiger partial charge < -0.3 is 10.4 Å². The molecule has 0 unspecified atom stereocenters. The van der Waals surface area contributed by atoms with Crippen LogP contribution in [0, 0.1) is 0 Å². The average Bonchev–Trinajstić information content (AvgIpc) is 2.95. The molecule has 1 aromatic carbocycles. The number of nitrogens with one attached hydrogen (secondary N) is 1. The Morgan fingerprint density at radius 1 is 1.32 bits per heavy atom. The quantitative estimate of drug-likeness (QED) is 0.705. The van der Waals surface area contributed by atoms with Gasteiger partial charge in [-0.3, -0.25) is 0 Å². The van der Waals surface area contributed by atoms with E-state index in [0.29, 0.717) is 0 Å². The molecule has 0 spiro atoms. The summed E-state index contributed by atoms with van der Waals surface area (Å²) in [5.74, 6) is 1.02. The molecule has 2 aromatic heterocycles. The van der Waals surface area contributed by atoms with Gasteiger partial charge in [0.05, 0.1) is 10.2 Å². The number of aromatic hydroxyl groups is 1.